The van der Waals surface area contributed by atoms with Crippen LogP contribution in [0, 0.1) is 27.4 Å². The highest BCUT2D eigenvalue weighted by Gasteiger charge is 2.15. The minimum absolute atomic E-state index is 0.145. The van der Waals surface area contributed by atoms with Gasteiger partial charge in [-0.25, -0.2) is 4.98 Å². The molecule has 6 nitrogen and oxygen atoms in total. The number of unbranched alkanes of at least 4 members (excludes halogenated alkanes) is 3. The van der Waals surface area contributed by atoms with Gasteiger partial charge in [0.15, 0.2) is 0 Å². The molecule has 0 saturated carbocycles. The Labute approximate surface area is 125 Å². The molecule has 6 heteroatoms. The summed E-state index contributed by atoms with van der Waals surface area (Å²) in [6, 6.07) is 3.10. The van der Waals surface area contributed by atoms with E-state index in [1.165, 1.54) is 31.5 Å². The number of hydrogen-bond donors (Lipinski definition) is 1. The Bertz CT molecular complexity index is 509. The maximum Gasteiger partial charge on any atom is 0.312 e. The number of pyridine rings is 1. The molecule has 0 spiro atoms. The molecule has 1 N–H and O–H groups in total. The molecule has 0 bridgehead atoms. The van der Waals surface area contributed by atoms with Crippen molar-refractivity contribution >= 4 is 11.5 Å². The normalized spacial score (nSPS) is 10.4. The zero-order valence-electron chi connectivity index (χ0n) is 12.6. The third-order valence-electron chi connectivity index (χ3n) is 3.19. The lowest BCUT2D eigenvalue weighted by atomic mass is 10.0. The van der Waals surface area contributed by atoms with Crippen molar-refractivity contribution in [3.63, 3.8) is 0 Å². The van der Waals surface area contributed by atoms with E-state index < -0.39 is 4.92 Å². The van der Waals surface area contributed by atoms with E-state index in [9.17, 15) is 10.1 Å². The Balaban J connectivity index is 2.38. The first-order chi connectivity index (χ1) is 10.0. The van der Waals surface area contributed by atoms with E-state index in [1.807, 2.05) is 6.07 Å². The van der Waals surface area contributed by atoms with Gasteiger partial charge >= 0.3 is 5.69 Å². The van der Waals surface area contributed by atoms with Gasteiger partial charge in [-0.3, -0.25) is 10.1 Å². The molecule has 1 aromatic rings. The summed E-state index contributed by atoms with van der Waals surface area (Å²) in [6.45, 7) is 5.09. The fourth-order valence-electron chi connectivity index (χ4n) is 2.03. The zero-order chi connectivity index (χ0) is 15.7. The van der Waals surface area contributed by atoms with E-state index in [-0.39, 0.29) is 17.1 Å². The van der Waals surface area contributed by atoms with Crippen LogP contribution in [-0.2, 0) is 0 Å². The highest BCUT2D eigenvalue weighted by atomic mass is 16.6. The van der Waals surface area contributed by atoms with Gasteiger partial charge in [-0.15, -0.1) is 0 Å². The van der Waals surface area contributed by atoms with Crippen LogP contribution in [0.2, 0.25) is 0 Å². The summed E-state index contributed by atoms with van der Waals surface area (Å²) in [5.74, 6) is 0.981. The molecule has 0 aromatic carbocycles. The van der Waals surface area contributed by atoms with Gasteiger partial charge in [0.05, 0.1) is 10.5 Å². The third kappa shape index (κ3) is 6.21. The van der Waals surface area contributed by atoms with Crippen LogP contribution in [0.25, 0.3) is 0 Å². The van der Waals surface area contributed by atoms with E-state index in [2.05, 4.69) is 24.1 Å². The summed E-state index contributed by atoms with van der Waals surface area (Å²) in [5.41, 5.74) is 0.0507. The molecule has 0 radical (unpaired) electrons. The molecule has 0 saturated heterocycles. The summed E-state index contributed by atoms with van der Waals surface area (Å²) in [6.07, 6.45) is 7.06. The number of nitro groups is 1. The Hall–Kier alpha value is -2.16. The van der Waals surface area contributed by atoms with Crippen LogP contribution in [-0.4, -0.2) is 16.5 Å². The van der Waals surface area contributed by atoms with Crippen molar-refractivity contribution in [2.45, 2.75) is 46.0 Å². The van der Waals surface area contributed by atoms with Crippen LogP contribution in [0.15, 0.2) is 12.3 Å². The largest absolute Gasteiger partial charge is 0.364 e. The summed E-state index contributed by atoms with van der Waals surface area (Å²) in [4.78, 5) is 14.4. The van der Waals surface area contributed by atoms with Gasteiger partial charge in [-0.2, -0.15) is 5.26 Å². The van der Waals surface area contributed by atoms with E-state index in [0.29, 0.717) is 6.54 Å². The van der Waals surface area contributed by atoms with E-state index in [4.69, 9.17) is 5.26 Å². The van der Waals surface area contributed by atoms with Gasteiger partial charge in [0, 0.05) is 18.8 Å². The number of hydrogen-bond acceptors (Lipinski definition) is 5. The summed E-state index contributed by atoms with van der Waals surface area (Å²) >= 11 is 0. The smallest absolute Gasteiger partial charge is 0.312 e. The first kappa shape index (κ1) is 16.9. The number of rotatable bonds is 9. The highest BCUT2D eigenvalue weighted by Crippen LogP contribution is 2.22. The number of nitrogens with one attached hydrogen (secondary N) is 1. The maximum absolute atomic E-state index is 10.9. The lowest BCUT2D eigenvalue weighted by molar-refractivity contribution is -0.384. The Kier molecular flexibility index (Phi) is 7.16. The monoisotopic (exact) mass is 290 g/mol. The van der Waals surface area contributed by atoms with Crippen molar-refractivity contribution in [3.05, 3.63) is 27.9 Å². The van der Waals surface area contributed by atoms with Crippen LogP contribution in [0.5, 0.6) is 0 Å². The van der Waals surface area contributed by atoms with Crippen LogP contribution < -0.4 is 5.32 Å². The zero-order valence-corrected chi connectivity index (χ0v) is 12.6. The van der Waals surface area contributed by atoms with Crippen LogP contribution in [0.1, 0.15) is 51.5 Å². The second-order valence-electron chi connectivity index (χ2n) is 5.48. The van der Waals surface area contributed by atoms with E-state index in [1.54, 1.807) is 0 Å². The molecule has 1 rings (SSSR count). The van der Waals surface area contributed by atoms with Gasteiger partial charge in [0.1, 0.15) is 6.07 Å². The fourth-order valence-corrected chi connectivity index (χ4v) is 2.03. The SMILES string of the molecule is CC(C)CCCCCCNc1ncc(C#N)cc1[N+](=O)[O-]. The highest BCUT2D eigenvalue weighted by molar-refractivity contribution is 5.58. The predicted octanol–water partition coefficient (Wildman–Crippen LogP) is 3.88. The number of nitriles is 1. The van der Waals surface area contributed by atoms with Crippen LogP contribution in [0.4, 0.5) is 11.5 Å². The summed E-state index contributed by atoms with van der Waals surface area (Å²) < 4.78 is 0. The molecule has 1 aromatic heterocycles. The molecule has 0 aliphatic heterocycles. The van der Waals surface area contributed by atoms with Crippen molar-refractivity contribution in [3.8, 4) is 6.07 Å². The topological polar surface area (TPSA) is 91.8 Å². The molecule has 0 atom stereocenters. The van der Waals surface area contributed by atoms with Gasteiger partial charge < -0.3 is 5.32 Å². The Morgan fingerprint density at radius 3 is 2.71 bits per heavy atom. The van der Waals surface area contributed by atoms with Crippen LogP contribution in [0.3, 0.4) is 0 Å². The van der Waals surface area contributed by atoms with E-state index >= 15 is 0 Å². The van der Waals surface area contributed by atoms with Gasteiger partial charge in [0.25, 0.3) is 0 Å². The molecule has 0 aliphatic rings. The molecular weight excluding hydrogens is 268 g/mol. The minimum Gasteiger partial charge on any atom is -0.364 e. The molecular formula is C15H22N4O2. The first-order valence-electron chi connectivity index (χ1n) is 7.33. The molecule has 114 valence electrons. The van der Waals surface area contributed by atoms with Crippen molar-refractivity contribution < 1.29 is 4.92 Å². The van der Waals surface area contributed by atoms with Crippen molar-refractivity contribution in [2.75, 3.05) is 11.9 Å². The second-order valence-corrected chi connectivity index (χ2v) is 5.48. The lowest BCUT2D eigenvalue weighted by Crippen LogP contribution is -2.06. The molecule has 21 heavy (non-hydrogen) atoms. The average molecular weight is 290 g/mol. The fraction of sp³-hybridized carbons (Fsp3) is 0.600. The first-order valence-corrected chi connectivity index (χ1v) is 7.33. The second kappa shape index (κ2) is 8.90. The molecule has 1 heterocycles. The van der Waals surface area contributed by atoms with Gasteiger partial charge in [-0.1, -0.05) is 39.5 Å². The molecule has 0 aliphatic carbocycles. The molecule has 0 unspecified atom stereocenters. The number of anilines is 1. The van der Waals surface area contributed by atoms with Crippen molar-refractivity contribution in [1.82, 2.24) is 4.98 Å². The quantitative estimate of drug-likeness (QED) is 0.423. The third-order valence-corrected chi connectivity index (χ3v) is 3.19. The number of nitrogens with zero attached hydrogens (tertiary/aromatic N) is 3. The summed E-state index contributed by atoms with van der Waals surface area (Å²) in [7, 11) is 0. The lowest BCUT2D eigenvalue weighted by Gasteiger charge is -2.07. The minimum atomic E-state index is -0.515. The average Bonchev–Trinajstić information content (AvgIpc) is 2.45. The van der Waals surface area contributed by atoms with Crippen molar-refractivity contribution in [2.24, 2.45) is 5.92 Å². The predicted molar refractivity (Wildman–Crippen MR) is 82.0 cm³/mol. The summed E-state index contributed by atoms with van der Waals surface area (Å²) in [5, 5.41) is 22.7. The van der Waals surface area contributed by atoms with Crippen LogP contribution >= 0.6 is 0 Å². The maximum atomic E-state index is 10.9. The molecule has 0 amide bonds. The van der Waals surface area contributed by atoms with Gasteiger partial charge in [-0.05, 0) is 12.3 Å². The number of aromatic nitrogens is 1. The molecule has 0 fully saturated rings. The van der Waals surface area contributed by atoms with E-state index in [0.717, 1.165) is 18.8 Å². The standard InChI is InChI=1S/C15H22N4O2/c1-12(2)7-5-3-4-6-8-17-15-14(19(20)21)9-13(10-16)11-18-15/h9,11-12H,3-8H2,1-2H3,(H,17,18). The Morgan fingerprint density at radius 1 is 1.38 bits per heavy atom. The van der Waals surface area contributed by atoms with Crippen molar-refractivity contribution in [1.29, 1.82) is 5.26 Å². The van der Waals surface area contributed by atoms with Gasteiger partial charge in [0.2, 0.25) is 5.82 Å². The Morgan fingerprint density at radius 2 is 2.10 bits per heavy atom.